The van der Waals surface area contributed by atoms with Gasteiger partial charge in [-0.15, -0.1) is 0 Å². The fraction of sp³-hybridized carbons (Fsp3) is 0.774. The van der Waals surface area contributed by atoms with Gasteiger partial charge < -0.3 is 14.2 Å². The van der Waals surface area contributed by atoms with Crippen LogP contribution in [0.1, 0.15) is 106 Å². The molecule has 0 amide bonds. The summed E-state index contributed by atoms with van der Waals surface area (Å²) in [5, 5.41) is 0. The van der Waals surface area contributed by atoms with Crippen LogP contribution in [0.2, 0.25) is 0 Å². The van der Waals surface area contributed by atoms with Crippen molar-refractivity contribution in [3.63, 3.8) is 0 Å². The van der Waals surface area contributed by atoms with E-state index in [1.807, 2.05) is 26.8 Å². The second-order valence-electron chi connectivity index (χ2n) is 13.4. The molecule has 0 spiro atoms. The SMILES string of the molecule is CC(=O)O[C@]12CCC(=O)OC(C)(C)[C@@H]1CCC1=C2CC[C@]2(C)[C@@H]([C@H](C)[C@@H]3CC=C(C)C(=O)O3)CC[C@@]12C. The molecule has 6 nitrogen and oxygen atoms in total. The Labute approximate surface area is 221 Å². The molecule has 2 heterocycles. The van der Waals surface area contributed by atoms with E-state index in [2.05, 4.69) is 20.8 Å². The van der Waals surface area contributed by atoms with Crippen LogP contribution in [0.3, 0.4) is 0 Å². The third-order valence-corrected chi connectivity index (χ3v) is 11.4. The summed E-state index contributed by atoms with van der Waals surface area (Å²) in [5.74, 6) is -0.0337. The summed E-state index contributed by atoms with van der Waals surface area (Å²) >= 11 is 0. The minimum absolute atomic E-state index is 0.0244. The molecule has 0 bridgehead atoms. The maximum absolute atomic E-state index is 12.6. The lowest BCUT2D eigenvalue weighted by atomic mass is 9.48. The Morgan fingerprint density at radius 1 is 1.03 bits per heavy atom. The summed E-state index contributed by atoms with van der Waals surface area (Å²) in [7, 11) is 0. The van der Waals surface area contributed by atoms with Gasteiger partial charge in [0.2, 0.25) is 0 Å². The Morgan fingerprint density at radius 2 is 1.76 bits per heavy atom. The number of cyclic esters (lactones) is 2. The van der Waals surface area contributed by atoms with Crippen LogP contribution in [0.4, 0.5) is 0 Å². The lowest BCUT2D eigenvalue weighted by Gasteiger charge is -2.58. The van der Waals surface area contributed by atoms with Crippen molar-refractivity contribution >= 4 is 17.9 Å². The molecule has 0 radical (unpaired) electrons. The Morgan fingerprint density at radius 3 is 2.43 bits per heavy atom. The minimum Gasteiger partial charge on any atom is -0.459 e. The number of allylic oxidation sites excluding steroid dienone is 1. The number of carbonyl (C=O) groups is 3. The highest BCUT2D eigenvalue weighted by molar-refractivity contribution is 5.88. The van der Waals surface area contributed by atoms with Gasteiger partial charge >= 0.3 is 17.9 Å². The average Bonchev–Trinajstić information content (AvgIpc) is 3.04. The normalized spacial score (nSPS) is 41.8. The van der Waals surface area contributed by atoms with Crippen LogP contribution in [-0.2, 0) is 28.6 Å². The third kappa shape index (κ3) is 3.83. The zero-order chi connectivity index (χ0) is 27.0. The minimum atomic E-state index is -0.787. The van der Waals surface area contributed by atoms with Gasteiger partial charge in [0, 0.05) is 37.7 Å². The highest BCUT2D eigenvalue weighted by atomic mass is 16.6. The van der Waals surface area contributed by atoms with Crippen molar-refractivity contribution in [1.82, 2.24) is 0 Å². The molecule has 1 saturated heterocycles. The Balaban J connectivity index is 1.55. The first-order chi connectivity index (χ1) is 17.2. The molecule has 0 aromatic carbocycles. The summed E-state index contributed by atoms with van der Waals surface area (Å²) in [4.78, 5) is 37.5. The summed E-state index contributed by atoms with van der Waals surface area (Å²) < 4.78 is 18.2. The van der Waals surface area contributed by atoms with Gasteiger partial charge in [0.05, 0.1) is 0 Å². The molecule has 204 valence electrons. The smallest absolute Gasteiger partial charge is 0.333 e. The molecule has 37 heavy (non-hydrogen) atoms. The molecule has 1 saturated carbocycles. The third-order valence-electron chi connectivity index (χ3n) is 11.4. The van der Waals surface area contributed by atoms with E-state index in [9.17, 15) is 14.4 Å². The number of rotatable bonds is 3. The van der Waals surface area contributed by atoms with E-state index in [1.165, 1.54) is 18.1 Å². The predicted octanol–water partition coefficient (Wildman–Crippen LogP) is 6.22. The molecule has 6 heteroatoms. The maximum Gasteiger partial charge on any atom is 0.333 e. The van der Waals surface area contributed by atoms with E-state index in [0.717, 1.165) is 44.9 Å². The number of ether oxygens (including phenoxy) is 3. The molecule has 5 rings (SSSR count). The molecule has 2 aliphatic heterocycles. The molecule has 2 fully saturated rings. The van der Waals surface area contributed by atoms with Crippen molar-refractivity contribution in [2.45, 2.75) is 124 Å². The van der Waals surface area contributed by atoms with Crippen molar-refractivity contribution in [2.24, 2.45) is 28.6 Å². The summed E-state index contributed by atoms with van der Waals surface area (Å²) in [6.45, 7) is 14.4. The highest BCUT2D eigenvalue weighted by Crippen LogP contribution is 2.70. The highest BCUT2D eigenvalue weighted by Gasteiger charge is 2.65. The van der Waals surface area contributed by atoms with Crippen LogP contribution in [0.15, 0.2) is 22.8 Å². The fourth-order valence-corrected chi connectivity index (χ4v) is 9.37. The number of hydrogen-bond donors (Lipinski definition) is 0. The number of carbonyl (C=O) groups excluding carboxylic acids is 3. The monoisotopic (exact) mass is 512 g/mol. The summed E-state index contributed by atoms with van der Waals surface area (Å²) in [6.07, 6.45) is 9.31. The first kappa shape index (κ1) is 26.5. The largest absolute Gasteiger partial charge is 0.459 e. The van der Waals surface area contributed by atoms with Crippen molar-refractivity contribution in [1.29, 1.82) is 0 Å². The lowest BCUT2D eigenvalue weighted by molar-refractivity contribution is -0.178. The Hall–Kier alpha value is -2.11. The quantitative estimate of drug-likeness (QED) is 0.254. The first-order valence-electron chi connectivity index (χ1n) is 14.3. The summed E-state index contributed by atoms with van der Waals surface area (Å²) in [5.41, 5.74) is 1.97. The van der Waals surface area contributed by atoms with Gasteiger partial charge in [0.1, 0.15) is 17.3 Å². The zero-order valence-corrected chi connectivity index (χ0v) is 23.7. The van der Waals surface area contributed by atoms with Crippen molar-refractivity contribution < 1.29 is 28.6 Å². The van der Waals surface area contributed by atoms with Crippen LogP contribution >= 0.6 is 0 Å². The van der Waals surface area contributed by atoms with E-state index in [0.29, 0.717) is 17.9 Å². The number of fused-ring (bicyclic) bond motifs is 4. The topological polar surface area (TPSA) is 78.9 Å². The standard InChI is InChI=1S/C31H44O6/c1-18-8-10-24(35-27(18)34)19(2)21-12-15-30(7)22-9-11-25-28(4,5)37-26(33)14-17-31(25,36-20(3)32)23(22)13-16-29(21,30)6/h8,19,21,24-25H,9-17H2,1-7H3/t19-,21+,24-,25-,29+,30-,31-/m0/s1. The van der Waals surface area contributed by atoms with Gasteiger partial charge in [-0.2, -0.15) is 0 Å². The molecule has 0 N–H and O–H groups in total. The Bertz CT molecular complexity index is 1080. The molecule has 5 aliphatic rings. The van der Waals surface area contributed by atoms with Crippen LogP contribution < -0.4 is 0 Å². The van der Waals surface area contributed by atoms with E-state index in [-0.39, 0.29) is 53.1 Å². The van der Waals surface area contributed by atoms with Crippen molar-refractivity contribution in [3.05, 3.63) is 22.8 Å². The van der Waals surface area contributed by atoms with Crippen LogP contribution in [0.5, 0.6) is 0 Å². The molecular formula is C31H44O6. The van der Waals surface area contributed by atoms with Gasteiger partial charge in [-0.05, 0) is 87.5 Å². The average molecular weight is 513 g/mol. The maximum atomic E-state index is 12.6. The second-order valence-corrected chi connectivity index (χ2v) is 13.4. The van der Waals surface area contributed by atoms with Gasteiger partial charge in [-0.1, -0.05) is 32.4 Å². The predicted molar refractivity (Wildman–Crippen MR) is 139 cm³/mol. The summed E-state index contributed by atoms with van der Waals surface area (Å²) in [6, 6.07) is 0. The van der Waals surface area contributed by atoms with E-state index < -0.39 is 11.2 Å². The molecule has 0 aromatic rings. The van der Waals surface area contributed by atoms with Crippen LogP contribution in [-0.4, -0.2) is 35.2 Å². The first-order valence-corrected chi connectivity index (χ1v) is 14.3. The van der Waals surface area contributed by atoms with Gasteiger partial charge in [-0.3, -0.25) is 9.59 Å². The Kier molecular flexibility index (Phi) is 6.23. The van der Waals surface area contributed by atoms with Gasteiger partial charge in [0.15, 0.2) is 0 Å². The van der Waals surface area contributed by atoms with Crippen LogP contribution in [0.25, 0.3) is 0 Å². The lowest BCUT2D eigenvalue weighted by Crippen LogP contribution is -2.57. The van der Waals surface area contributed by atoms with E-state index in [1.54, 1.807) is 0 Å². The molecular weight excluding hydrogens is 468 g/mol. The van der Waals surface area contributed by atoms with Crippen molar-refractivity contribution in [3.8, 4) is 0 Å². The van der Waals surface area contributed by atoms with E-state index >= 15 is 0 Å². The molecule has 0 aromatic heterocycles. The van der Waals surface area contributed by atoms with Gasteiger partial charge in [-0.25, -0.2) is 4.79 Å². The van der Waals surface area contributed by atoms with E-state index in [4.69, 9.17) is 14.2 Å². The molecule has 7 atom stereocenters. The second kappa shape index (κ2) is 8.71. The number of hydrogen-bond acceptors (Lipinski definition) is 6. The van der Waals surface area contributed by atoms with Crippen LogP contribution in [0, 0.1) is 28.6 Å². The van der Waals surface area contributed by atoms with Crippen molar-refractivity contribution in [2.75, 3.05) is 0 Å². The number of esters is 3. The fourth-order valence-electron chi connectivity index (χ4n) is 9.37. The molecule has 3 aliphatic carbocycles. The molecule has 0 unspecified atom stereocenters. The zero-order valence-electron chi connectivity index (χ0n) is 23.7. The van der Waals surface area contributed by atoms with Gasteiger partial charge in [0.25, 0.3) is 0 Å².